The van der Waals surface area contributed by atoms with Crippen LogP contribution in [-0.2, 0) is 16.0 Å². The van der Waals surface area contributed by atoms with Crippen LogP contribution in [0.15, 0.2) is 33.8 Å². The van der Waals surface area contributed by atoms with Crippen molar-refractivity contribution in [1.82, 2.24) is 29.7 Å². The van der Waals surface area contributed by atoms with Crippen molar-refractivity contribution in [2.24, 2.45) is 23.7 Å². The van der Waals surface area contributed by atoms with Gasteiger partial charge in [-0.15, -0.1) is 0 Å². The Morgan fingerprint density at radius 1 is 1.09 bits per heavy atom. The van der Waals surface area contributed by atoms with E-state index in [4.69, 9.17) is 35.6 Å². The Labute approximate surface area is 268 Å². The topological polar surface area (TPSA) is 124 Å². The van der Waals surface area contributed by atoms with Gasteiger partial charge in [0.05, 0.1) is 35.0 Å². The molecule has 242 valence electrons. The van der Waals surface area contributed by atoms with E-state index in [2.05, 4.69) is 45.4 Å². The van der Waals surface area contributed by atoms with Gasteiger partial charge < -0.3 is 18.9 Å². The number of imidazole rings is 1. The molecule has 1 N–H and O–H groups in total. The van der Waals surface area contributed by atoms with Crippen LogP contribution in [0.25, 0.3) is 33.8 Å². The maximum atomic E-state index is 11.9. The molecule has 0 unspecified atom stereocenters. The lowest BCUT2D eigenvalue weighted by Crippen LogP contribution is -2.36. The van der Waals surface area contributed by atoms with Gasteiger partial charge in [-0.25, -0.2) is 14.8 Å². The predicted molar refractivity (Wildman–Crippen MR) is 174 cm³/mol. The summed E-state index contributed by atoms with van der Waals surface area (Å²) in [5, 5.41) is 4.45. The molecule has 0 spiro atoms. The lowest BCUT2D eigenvalue weighted by atomic mass is 9.83. The molecule has 0 aromatic carbocycles. The lowest BCUT2D eigenvalue weighted by Gasteiger charge is -2.31. The average molecular weight is 638 g/mol. The van der Waals surface area contributed by atoms with Gasteiger partial charge in [0.1, 0.15) is 5.69 Å². The molecular formula is C33H44ClN7O4. The SMILES string of the molecule is COCCOCC[C@@H]1C[C@@H](C(C)C)N(c2nc3cc(-c4noc(=O)[nH]4)nc(-c4cncc(Cl)c4)c3n2CC2CCC(C)CC2)C1. The summed E-state index contributed by atoms with van der Waals surface area (Å²) >= 11 is 6.45. The molecule has 0 bridgehead atoms. The molecule has 0 radical (unpaired) electrons. The Kier molecular flexibility index (Phi) is 9.87. The van der Waals surface area contributed by atoms with Crippen molar-refractivity contribution < 1.29 is 14.0 Å². The number of hydrogen-bond acceptors (Lipinski definition) is 9. The van der Waals surface area contributed by atoms with E-state index in [-0.39, 0.29) is 5.82 Å². The largest absolute Gasteiger partial charge is 0.439 e. The number of anilines is 1. The summed E-state index contributed by atoms with van der Waals surface area (Å²) in [5.41, 5.74) is 3.67. The highest BCUT2D eigenvalue weighted by Gasteiger charge is 2.37. The first-order valence-electron chi connectivity index (χ1n) is 16.2. The Hall–Kier alpha value is -3.28. The second-order valence-corrected chi connectivity index (χ2v) is 13.6. The van der Waals surface area contributed by atoms with E-state index in [9.17, 15) is 4.79 Å². The molecule has 4 aromatic rings. The van der Waals surface area contributed by atoms with Crippen molar-refractivity contribution >= 4 is 28.6 Å². The van der Waals surface area contributed by atoms with E-state index in [0.29, 0.717) is 53.4 Å². The van der Waals surface area contributed by atoms with Gasteiger partial charge in [-0.05, 0) is 61.5 Å². The van der Waals surface area contributed by atoms with Gasteiger partial charge in [-0.3, -0.25) is 14.5 Å². The van der Waals surface area contributed by atoms with E-state index >= 15 is 0 Å². The minimum atomic E-state index is -0.635. The van der Waals surface area contributed by atoms with Gasteiger partial charge in [0, 0.05) is 50.8 Å². The maximum absolute atomic E-state index is 11.9. The van der Waals surface area contributed by atoms with Crippen molar-refractivity contribution in [3.05, 3.63) is 40.1 Å². The molecule has 12 heteroatoms. The van der Waals surface area contributed by atoms with Crippen LogP contribution in [0, 0.1) is 23.7 Å². The lowest BCUT2D eigenvalue weighted by molar-refractivity contribution is 0.0645. The van der Waals surface area contributed by atoms with Gasteiger partial charge in [0.2, 0.25) is 11.8 Å². The molecule has 1 aliphatic carbocycles. The van der Waals surface area contributed by atoms with Crippen molar-refractivity contribution in [2.45, 2.75) is 71.9 Å². The zero-order chi connectivity index (χ0) is 31.5. The van der Waals surface area contributed by atoms with Gasteiger partial charge in [0.25, 0.3) is 0 Å². The normalized spacial score (nSPS) is 22.2. The van der Waals surface area contributed by atoms with Crippen LogP contribution in [0.4, 0.5) is 5.95 Å². The molecular weight excluding hydrogens is 594 g/mol. The maximum Gasteiger partial charge on any atom is 0.439 e. The van der Waals surface area contributed by atoms with E-state index in [1.54, 1.807) is 19.5 Å². The fraction of sp³-hybridized carbons (Fsp3) is 0.606. The van der Waals surface area contributed by atoms with Gasteiger partial charge in [-0.2, -0.15) is 0 Å². The summed E-state index contributed by atoms with van der Waals surface area (Å²) in [5.74, 6) is 2.83. The zero-order valence-electron chi connectivity index (χ0n) is 26.7. The van der Waals surface area contributed by atoms with Crippen LogP contribution in [0.1, 0.15) is 59.3 Å². The third-order valence-electron chi connectivity index (χ3n) is 9.50. The fourth-order valence-corrected chi connectivity index (χ4v) is 7.21. The minimum Gasteiger partial charge on any atom is -0.382 e. The van der Waals surface area contributed by atoms with E-state index in [0.717, 1.165) is 61.0 Å². The Balaban J connectivity index is 1.47. The van der Waals surface area contributed by atoms with Crippen LogP contribution in [0.3, 0.4) is 0 Å². The van der Waals surface area contributed by atoms with E-state index in [1.807, 2.05) is 12.1 Å². The van der Waals surface area contributed by atoms with Crippen LogP contribution in [0.5, 0.6) is 0 Å². The molecule has 2 atom stereocenters. The number of ether oxygens (including phenoxy) is 2. The fourth-order valence-electron chi connectivity index (χ4n) is 7.03. The highest BCUT2D eigenvalue weighted by Crippen LogP contribution is 2.40. The number of halogens is 1. The summed E-state index contributed by atoms with van der Waals surface area (Å²) in [6, 6.07) is 4.11. The monoisotopic (exact) mass is 637 g/mol. The third kappa shape index (κ3) is 7.10. The van der Waals surface area contributed by atoms with Gasteiger partial charge in [-0.1, -0.05) is 50.4 Å². The van der Waals surface area contributed by atoms with E-state index in [1.165, 1.54) is 25.7 Å². The summed E-state index contributed by atoms with van der Waals surface area (Å²) in [6.45, 7) is 10.7. The number of pyridine rings is 2. The van der Waals surface area contributed by atoms with Crippen molar-refractivity contribution in [3.63, 3.8) is 0 Å². The summed E-state index contributed by atoms with van der Waals surface area (Å²) < 4.78 is 18.2. The van der Waals surface area contributed by atoms with Crippen LogP contribution < -0.4 is 10.7 Å². The summed E-state index contributed by atoms with van der Waals surface area (Å²) in [4.78, 5) is 31.8. The van der Waals surface area contributed by atoms with Gasteiger partial charge in [0.15, 0.2) is 0 Å². The van der Waals surface area contributed by atoms with E-state index < -0.39 is 5.76 Å². The highest BCUT2D eigenvalue weighted by atomic mass is 35.5. The number of hydrogen-bond donors (Lipinski definition) is 1. The molecule has 2 aliphatic rings. The first-order chi connectivity index (χ1) is 21.8. The molecule has 1 saturated heterocycles. The quantitative estimate of drug-likeness (QED) is 0.180. The molecule has 4 aromatic heterocycles. The molecule has 2 fully saturated rings. The Bertz CT molecular complexity index is 1640. The van der Waals surface area contributed by atoms with Crippen LogP contribution >= 0.6 is 11.6 Å². The number of aromatic nitrogens is 6. The molecule has 1 aliphatic heterocycles. The Morgan fingerprint density at radius 3 is 2.62 bits per heavy atom. The smallest absolute Gasteiger partial charge is 0.382 e. The number of methoxy groups -OCH3 is 1. The number of fused-ring (bicyclic) bond motifs is 1. The number of aromatic amines is 1. The predicted octanol–water partition coefficient (Wildman–Crippen LogP) is 6.22. The second-order valence-electron chi connectivity index (χ2n) is 13.2. The third-order valence-corrected chi connectivity index (χ3v) is 9.71. The first kappa shape index (κ1) is 31.7. The number of H-pyrrole nitrogens is 1. The van der Waals surface area contributed by atoms with Crippen LogP contribution in [-0.4, -0.2) is 69.2 Å². The molecule has 5 heterocycles. The molecule has 6 rings (SSSR count). The second kappa shape index (κ2) is 14.0. The highest BCUT2D eigenvalue weighted by molar-refractivity contribution is 6.30. The van der Waals surface area contributed by atoms with Crippen LogP contribution in [0.2, 0.25) is 5.02 Å². The Morgan fingerprint density at radius 2 is 1.91 bits per heavy atom. The minimum absolute atomic E-state index is 0.255. The number of nitrogens with one attached hydrogen (secondary N) is 1. The number of rotatable bonds is 12. The van der Waals surface area contributed by atoms with Crippen molar-refractivity contribution in [2.75, 3.05) is 38.4 Å². The van der Waals surface area contributed by atoms with Crippen molar-refractivity contribution in [3.8, 4) is 22.8 Å². The molecule has 11 nitrogen and oxygen atoms in total. The average Bonchev–Trinajstić information content (AvgIpc) is 3.75. The molecule has 1 saturated carbocycles. The first-order valence-corrected chi connectivity index (χ1v) is 16.6. The summed E-state index contributed by atoms with van der Waals surface area (Å²) in [7, 11) is 1.70. The summed E-state index contributed by atoms with van der Waals surface area (Å²) in [6.07, 6.45) is 10.3. The molecule has 0 amide bonds. The van der Waals surface area contributed by atoms with Crippen molar-refractivity contribution in [1.29, 1.82) is 0 Å². The standard InChI is InChI=1S/C33H44ClN7O4/c1-20(2)28-13-23(9-10-44-12-11-43-4)19-40(28)32-37-26-15-27(31-38-33(42)45-39-31)36-29(24-14-25(34)17-35-16-24)30(26)41(32)18-22-7-5-21(3)6-8-22/h14-17,20-23,28H,5-13,18-19H2,1-4H3,(H,38,39,42)/t21?,22?,23-,28+/m1/s1. The number of nitrogens with zero attached hydrogens (tertiary/aromatic N) is 6. The van der Waals surface area contributed by atoms with Gasteiger partial charge >= 0.3 is 5.76 Å². The molecule has 45 heavy (non-hydrogen) atoms. The zero-order valence-corrected chi connectivity index (χ0v) is 27.4.